The molecule has 192 valence electrons. The minimum Gasteiger partial charge on any atom is -0.493 e. The summed E-state index contributed by atoms with van der Waals surface area (Å²) in [6.45, 7) is 5.42. The van der Waals surface area contributed by atoms with Crippen LogP contribution in [0.2, 0.25) is 0 Å². The van der Waals surface area contributed by atoms with Gasteiger partial charge in [-0.15, -0.1) is 0 Å². The molecule has 0 saturated carbocycles. The molecule has 0 saturated heterocycles. The number of nitrogens with zero attached hydrogens (tertiary/aromatic N) is 2. The van der Waals surface area contributed by atoms with Crippen LogP contribution in [0.4, 0.5) is 0 Å². The Morgan fingerprint density at radius 2 is 1.84 bits per heavy atom. The average Bonchev–Trinajstić information content (AvgIpc) is 3.24. The molecule has 38 heavy (non-hydrogen) atoms. The third kappa shape index (κ3) is 4.43. The summed E-state index contributed by atoms with van der Waals surface area (Å²) in [7, 11) is 3.09. The minimum atomic E-state index is -0.766. The zero-order chi connectivity index (χ0) is 26.8. The summed E-state index contributed by atoms with van der Waals surface area (Å²) in [4.78, 5) is 32.3. The number of hydrogen-bond acceptors (Lipinski definition) is 7. The number of ether oxygens (including phenoxy) is 3. The predicted octanol–water partition coefficient (Wildman–Crippen LogP) is 4.13. The molecule has 0 aliphatic carbocycles. The lowest BCUT2D eigenvalue weighted by molar-refractivity contribution is -0.138. The van der Waals surface area contributed by atoms with E-state index in [-0.39, 0.29) is 17.7 Å². The molecule has 0 fully saturated rings. The fourth-order valence-electron chi connectivity index (χ4n) is 4.65. The van der Waals surface area contributed by atoms with Gasteiger partial charge in [-0.3, -0.25) is 9.36 Å². The first kappa shape index (κ1) is 25.2. The monoisotopic (exact) mass is 526 g/mol. The van der Waals surface area contributed by atoms with Crippen LogP contribution >= 0.6 is 11.3 Å². The van der Waals surface area contributed by atoms with Crippen molar-refractivity contribution in [3.8, 4) is 11.5 Å². The zero-order valence-electron chi connectivity index (χ0n) is 21.3. The zero-order valence-corrected chi connectivity index (χ0v) is 22.1. The Bertz CT molecular complexity index is 1780. The van der Waals surface area contributed by atoms with Gasteiger partial charge in [-0.25, -0.2) is 9.79 Å². The minimum absolute atomic E-state index is 0.0414. The predicted molar refractivity (Wildman–Crippen MR) is 148 cm³/mol. The maximum Gasteiger partial charge on any atom is 0.338 e. The number of carbonyl (C=O) groups is 1. The molecule has 0 radical (unpaired) electrons. The van der Waals surface area contributed by atoms with Gasteiger partial charge in [0.15, 0.2) is 16.3 Å². The number of rotatable bonds is 7. The second-order valence-corrected chi connectivity index (χ2v) is 9.66. The van der Waals surface area contributed by atoms with Crippen LogP contribution in [0.1, 0.15) is 24.1 Å². The second-order valence-electron chi connectivity index (χ2n) is 8.65. The molecule has 1 aliphatic heterocycles. The van der Waals surface area contributed by atoms with Crippen LogP contribution < -0.4 is 24.4 Å². The molecule has 3 aromatic carbocycles. The summed E-state index contributed by atoms with van der Waals surface area (Å²) in [5, 5.41) is 2.13. The highest BCUT2D eigenvalue weighted by Crippen LogP contribution is 2.36. The molecule has 0 bridgehead atoms. The molecule has 5 rings (SSSR count). The van der Waals surface area contributed by atoms with E-state index < -0.39 is 12.0 Å². The number of benzene rings is 3. The standard InChI is InChI=1S/C30H26N2O5S/c1-5-15-37-29(34)26-18(2)31-30-32(27(26)21-13-14-23(35-3)24(16-21)36-4)28(33)25(38-30)17-20-11-8-10-19-9-6-7-12-22(19)20/h5-14,16-17,27H,1,15H2,2-4H3/b25-17-/t27-/m1/s1. The third-order valence-electron chi connectivity index (χ3n) is 6.41. The van der Waals surface area contributed by atoms with E-state index in [0.29, 0.717) is 32.1 Å². The van der Waals surface area contributed by atoms with Gasteiger partial charge in [0.1, 0.15) is 6.61 Å². The van der Waals surface area contributed by atoms with E-state index in [1.165, 1.54) is 24.5 Å². The number of thiazole rings is 1. The van der Waals surface area contributed by atoms with E-state index >= 15 is 0 Å². The van der Waals surface area contributed by atoms with Crippen molar-refractivity contribution in [1.82, 2.24) is 4.57 Å². The van der Waals surface area contributed by atoms with Crippen molar-refractivity contribution in [3.63, 3.8) is 0 Å². The Morgan fingerprint density at radius 3 is 2.61 bits per heavy atom. The maximum atomic E-state index is 13.9. The van der Waals surface area contributed by atoms with Crippen LogP contribution in [0.5, 0.6) is 11.5 Å². The van der Waals surface area contributed by atoms with Crippen LogP contribution in [0.15, 0.2) is 94.4 Å². The second kappa shape index (κ2) is 10.5. The molecule has 1 atom stereocenters. The van der Waals surface area contributed by atoms with E-state index in [4.69, 9.17) is 14.2 Å². The molecule has 1 aromatic heterocycles. The summed E-state index contributed by atoms with van der Waals surface area (Å²) in [5.41, 5.74) is 2.11. The molecule has 0 amide bonds. The molecular formula is C30H26N2O5S. The lowest BCUT2D eigenvalue weighted by Crippen LogP contribution is -2.40. The van der Waals surface area contributed by atoms with Crippen molar-refractivity contribution in [2.75, 3.05) is 20.8 Å². The summed E-state index contributed by atoms with van der Waals surface area (Å²) in [6, 6.07) is 18.6. The van der Waals surface area contributed by atoms with Crippen LogP contribution in [0.3, 0.4) is 0 Å². The maximum absolute atomic E-state index is 13.9. The van der Waals surface area contributed by atoms with Gasteiger partial charge in [0, 0.05) is 0 Å². The van der Waals surface area contributed by atoms with E-state index in [2.05, 4.69) is 11.6 Å². The van der Waals surface area contributed by atoms with Crippen molar-refractivity contribution >= 4 is 34.2 Å². The highest BCUT2D eigenvalue weighted by atomic mass is 32.1. The largest absolute Gasteiger partial charge is 0.493 e. The van der Waals surface area contributed by atoms with Crippen LogP contribution in [0.25, 0.3) is 16.8 Å². The number of esters is 1. The Morgan fingerprint density at radius 1 is 1.08 bits per heavy atom. The lowest BCUT2D eigenvalue weighted by Gasteiger charge is -2.25. The Labute approximate surface area is 223 Å². The summed E-state index contributed by atoms with van der Waals surface area (Å²) in [6.07, 6.45) is 3.38. The van der Waals surface area contributed by atoms with Gasteiger partial charge in [-0.05, 0) is 47.0 Å². The van der Waals surface area contributed by atoms with Crippen molar-refractivity contribution in [2.45, 2.75) is 13.0 Å². The van der Waals surface area contributed by atoms with Crippen molar-refractivity contribution in [2.24, 2.45) is 4.99 Å². The third-order valence-corrected chi connectivity index (χ3v) is 7.39. The number of methoxy groups -OCH3 is 2. The van der Waals surface area contributed by atoms with Gasteiger partial charge in [0.25, 0.3) is 5.56 Å². The molecule has 0 spiro atoms. The van der Waals surface area contributed by atoms with Gasteiger partial charge in [0.2, 0.25) is 0 Å². The average molecular weight is 527 g/mol. The van der Waals surface area contributed by atoms with Crippen molar-refractivity contribution < 1.29 is 19.0 Å². The Kier molecular flexibility index (Phi) is 6.98. The van der Waals surface area contributed by atoms with Gasteiger partial charge in [-0.2, -0.15) is 0 Å². The van der Waals surface area contributed by atoms with Gasteiger partial charge in [0.05, 0.1) is 36.1 Å². The van der Waals surface area contributed by atoms with E-state index in [1.54, 1.807) is 30.7 Å². The van der Waals surface area contributed by atoms with Gasteiger partial charge in [-0.1, -0.05) is 72.5 Å². The summed E-state index contributed by atoms with van der Waals surface area (Å²) < 4.78 is 18.4. The molecule has 1 aliphatic rings. The van der Waals surface area contributed by atoms with Crippen LogP contribution in [0, 0.1) is 0 Å². The summed E-state index contributed by atoms with van der Waals surface area (Å²) in [5.74, 6) is 0.460. The molecule has 8 heteroatoms. The highest BCUT2D eigenvalue weighted by molar-refractivity contribution is 7.07. The molecule has 0 unspecified atom stereocenters. The van der Waals surface area contributed by atoms with E-state index in [0.717, 1.165) is 16.3 Å². The first-order valence-electron chi connectivity index (χ1n) is 12.0. The van der Waals surface area contributed by atoms with Crippen molar-refractivity contribution in [1.29, 1.82) is 0 Å². The Hall–Kier alpha value is -4.43. The summed E-state index contributed by atoms with van der Waals surface area (Å²) >= 11 is 1.29. The van der Waals surface area contributed by atoms with Crippen molar-refractivity contribution in [3.05, 3.63) is 115 Å². The number of hydrogen-bond donors (Lipinski definition) is 0. The molecule has 7 nitrogen and oxygen atoms in total. The lowest BCUT2D eigenvalue weighted by atomic mass is 9.95. The molecule has 4 aromatic rings. The van der Waals surface area contributed by atoms with Gasteiger partial charge < -0.3 is 14.2 Å². The highest BCUT2D eigenvalue weighted by Gasteiger charge is 2.34. The van der Waals surface area contributed by atoms with Crippen LogP contribution in [-0.4, -0.2) is 31.4 Å². The topological polar surface area (TPSA) is 79.1 Å². The first-order valence-corrected chi connectivity index (χ1v) is 12.8. The fraction of sp³-hybridized carbons (Fsp3) is 0.167. The number of aromatic nitrogens is 1. The fourth-order valence-corrected chi connectivity index (χ4v) is 5.69. The smallest absolute Gasteiger partial charge is 0.338 e. The number of fused-ring (bicyclic) bond motifs is 2. The molecular weight excluding hydrogens is 500 g/mol. The van der Waals surface area contributed by atoms with Gasteiger partial charge >= 0.3 is 5.97 Å². The van der Waals surface area contributed by atoms with E-state index in [1.807, 2.05) is 54.6 Å². The molecule has 0 N–H and O–H groups in total. The van der Waals surface area contributed by atoms with E-state index in [9.17, 15) is 9.59 Å². The van der Waals surface area contributed by atoms with Crippen LogP contribution in [-0.2, 0) is 9.53 Å². The Balaban J connectivity index is 1.75. The number of allylic oxidation sites excluding steroid dienone is 1. The quantitative estimate of drug-likeness (QED) is 0.267. The first-order chi connectivity index (χ1) is 18.5. The molecule has 2 heterocycles. The normalized spacial score (nSPS) is 15.1. The number of carbonyl (C=O) groups excluding carboxylic acids is 1. The SMILES string of the molecule is C=CCOC(=O)C1=C(C)N=c2s/c(=C\c3cccc4ccccc34)c(=O)n2[C@@H]1c1ccc(OC)c(OC)c1.